The summed E-state index contributed by atoms with van der Waals surface area (Å²) in [7, 11) is 1.65. The van der Waals surface area contributed by atoms with Crippen LogP contribution < -0.4 is 11.1 Å². The van der Waals surface area contributed by atoms with Gasteiger partial charge in [0.1, 0.15) is 6.10 Å². The Morgan fingerprint density at radius 2 is 2.22 bits per heavy atom. The first-order valence-electron chi connectivity index (χ1n) is 7.03. The van der Waals surface area contributed by atoms with Gasteiger partial charge in [0.2, 0.25) is 0 Å². The molecule has 1 heterocycles. The Labute approximate surface area is 163 Å². The summed E-state index contributed by atoms with van der Waals surface area (Å²) in [6.45, 7) is 1.22. The van der Waals surface area contributed by atoms with E-state index in [0.29, 0.717) is 17.5 Å². The lowest BCUT2D eigenvalue weighted by Crippen LogP contribution is -2.33. The second kappa shape index (κ2) is 10.9. The minimum absolute atomic E-state index is 0. The van der Waals surface area contributed by atoms with E-state index < -0.39 is 0 Å². The highest BCUT2D eigenvalue weighted by Gasteiger charge is 2.10. The summed E-state index contributed by atoms with van der Waals surface area (Å²) < 4.78 is 5.46. The first-order chi connectivity index (χ1) is 10.7. The summed E-state index contributed by atoms with van der Waals surface area (Å²) >= 11 is 7.74. The van der Waals surface area contributed by atoms with Gasteiger partial charge in [-0.15, -0.1) is 35.3 Å². The quantitative estimate of drug-likeness (QED) is 0.371. The molecule has 1 atom stereocenters. The summed E-state index contributed by atoms with van der Waals surface area (Å²) in [6, 6.07) is 11.7. The second-order valence-corrected chi connectivity index (χ2v) is 6.23. The molecule has 2 aromatic rings. The lowest BCUT2D eigenvalue weighted by molar-refractivity contribution is 0.111. The molecule has 1 unspecified atom stereocenters. The second-order valence-electron chi connectivity index (χ2n) is 4.76. The maximum Gasteiger partial charge on any atom is 0.188 e. The van der Waals surface area contributed by atoms with Gasteiger partial charge in [-0.3, -0.25) is 4.99 Å². The largest absolute Gasteiger partial charge is 0.375 e. The van der Waals surface area contributed by atoms with Crippen LogP contribution in [0.5, 0.6) is 0 Å². The number of rotatable bonds is 7. The van der Waals surface area contributed by atoms with Crippen LogP contribution in [0.2, 0.25) is 5.02 Å². The molecule has 0 amide bonds. The zero-order chi connectivity index (χ0) is 15.8. The molecular weight excluding hydrogens is 445 g/mol. The molecule has 0 aliphatic rings. The maximum atomic E-state index is 6.00. The number of methoxy groups -OCH3 is 1. The molecule has 3 N–H and O–H groups in total. The topological polar surface area (TPSA) is 59.6 Å². The van der Waals surface area contributed by atoms with Gasteiger partial charge in [0.25, 0.3) is 0 Å². The fourth-order valence-corrected chi connectivity index (χ4v) is 2.94. The van der Waals surface area contributed by atoms with Crippen molar-refractivity contribution in [3.63, 3.8) is 0 Å². The highest BCUT2D eigenvalue weighted by atomic mass is 127. The van der Waals surface area contributed by atoms with Crippen molar-refractivity contribution in [3.05, 3.63) is 57.2 Å². The number of benzene rings is 1. The van der Waals surface area contributed by atoms with Gasteiger partial charge in [0.15, 0.2) is 5.96 Å². The van der Waals surface area contributed by atoms with Crippen LogP contribution in [0.4, 0.5) is 0 Å². The molecule has 23 heavy (non-hydrogen) atoms. The van der Waals surface area contributed by atoms with E-state index in [1.54, 1.807) is 18.4 Å². The third-order valence-electron chi connectivity index (χ3n) is 3.19. The van der Waals surface area contributed by atoms with E-state index in [2.05, 4.69) is 21.8 Å². The lowest BCUT2D eigenvalue weighted by Gasteiger charge is -2.14. The molecule has 0 bridgehead atoms. The summed E-state index contributed by atoms with van der Waals surface area (Å²) in [5.74, 6) is 0.431. The van der Waals surface area contributed by atoms with E-state index in [4.69, 9.17) is 22.1 Å². The number of thiophene rings is 1. The predicted molar refractivity (Wildman–Crippen MR) is 109 cm³/mol. The molecule has 1 aromatic heterocycles. The number of hydrogen-bond acceptors (Lipinski definition) is 3. The van der Waals surface area contributed by atoms with Crippen LogP contribution in [0.25, 0.3) is 0 Å². The number of halogens is 2. The number of hydrogen-bond donors (Lipinski definition) is 2. The van der Waals surface area contributed by atoms with E-state index in [-0.39, 0.29) is 30.1 Å². The van der Waals surface area contributed by atoms with Crippen LogP contribution in [0.15, 0.2) is 46.8 Å². The number of nitrogens with one attached hydrogen (secondary N) is 1. The van der Waals surface area contributed by atoms with Crippen molar-refractivity contribution in [1.82, 2.24) is 5.32 Å². The molecular formula is C16H21ClIN3OS. The SMILES string of the molecule is COC(CN=C(N)NCCc1cccs1)c1cccc(Cl)c1.I. The zero-order valence-corrected chi connectivity index (χ0v) is 16.8. The van der Waals surface area contributed by atoms with Crippen LogP contribution in [0.3, 0.4) is 0 Å². The van der Waals surface area contributed by atoms with E-state index in [1.807, 2.05) is 30.3 Å². The first-order valence-corrected chi connectivity index (χ1v) is 8.29. The van der Waals surface area contributed by atoms with Crippen LogP contribution in [-0.4, -0.2) is 26.2 Å². The van der Waals surface area contributed by atoms with Crippen molar-refractivity contribution in [2.24, 2.45) is 10.7 Å². The Balaban J connectivity index is 0.00000264. The number of aliphatic imine (C=N–C) groups is 1. The van der Waals surface area contributed by atoms with Gasteiger partial charge in [-0.1, -0.05) is 29.8 Å². The third-order valence-corrected chi connectivity index (χ3v) is 4.36. The molecule has 0 fully saturated rings. The van der Waals surface area contributed by atoms with Crippen LogP contribution in [0, 0.1) is 0 Å². The average Bonchev–Trinajstić information content (AvgIpc) is 3.01. The van der Waals surface area contributed by atoms with Crippen molar-refractivity contribution in [3.8, 4) is 0 Å². The van der Waals surface area contributed by atoms with E-state index in [1.165, 1.54) is 4.88 Å². The first kappa shape index (κ1) is 20.2. The molecule has 0 aliphatic heterocycles. The number of nitrogens with zero attached hydrogens (tertiary/aromatic N) is 1. The van der Waals surface area contributed by atoms with Gasteiger partial charge in [-0.2, -0.15) is 0 Å². The zero-order valence-electron chi connectivity index (χ0n) is 12.9. The summed E-state index contributed by atoms with van der Waals surface area (Å²) in [5.41, 5.74) is 6.88. The molecule has 7 heteroatoms. The van der Waals surface area contributed by atoms with Crippen molar-refractivity contribution in [1.29, 1.82) is 0 Å². The fraction of sp³-hybridized carbons (Fsp3) is 0.312. The Morgan fingerprint density at radius 1 is 1.39 bits per heavy atom. The van der Waals surface area contributed by atoms with Crippen molar-refractivity contribution >= 4 is 52.9 Å². The van der Waals surface area contributed by atoms with Crippen LogP contribution in [-0.2, 0) is 11.2 Å². The van der Waals surface area contributed by atoms with Crippen LogP contribution in [0.1, 0.15) is 16.5 Å². The molecule has 0 radical (unpaired) electrons. The Hall–Kier alpha value is -0.830. The van der Waals surface area contributed by atoms with E-state index in [0.717, 1.165) is 18.5 Å². The minimum atomic E-state index is -0.156. The monoisotopic (exact) mass is 465 g/mol. The Kier molecular flexibility index (Phi) is 9.54. The number of guanidine groups is 1. The minimum Gasteiger partial charge on any atom is -0.375 e. The van der Waals surface area contributed by atoms with Crippen LogP contribution >= 0.6 is 46.9 Å². The molecule has 0 saturated carbocycles. The highest BCUT2D eigenvalue weighted by Crippen LogP contribution is 2.20. The standard InChI is InChI=1S/C16H20ClN3OS.HI/c1-21-15(12-4-2-5-13(17)10-12)11-20-16(18)19-8-7-14-6-3-9-22-14;/h2-6,9-10,15H,7-8,11H2,1H3,(H3,18,19,20);1H. The Morgan fingerprint density at radius 3 is 2.87 bits per heavy atom. The highest BCUT2D eigenvalue weighted by molar-refractivity contribution is 14.0. The predicted octanol–water partition coefficient (Wildman–Crippen LogP) is 3.85. The Bertz CT molecular complexity index is 607. The third kappa shape index (κ3) is 7.07. The molecule has 2 rings (SSSR count). The van der Waals surface area contributed by atoms with Crippen molar-refractivity contribution in [2.45, 2.75) is 12.5 Å². The van der Waals surface area contributed by atoms with Gasteiger partial charge in [-0.05, 0) is 35.6 Å². The molecule has 0 spiro atoms. The smallest absolute Gasteiger partial charge is 0.188 e. The van der Waals surface area contributed by atoms with Gasteiger partial charge < -0.3 is 15.8 Å². The average molecular weight is 466 g/mol. The van der Waals surface area contributed by atoms with Crippen molar-refractivity contribution in [2.75, 3.05) is 20.2 Å². The van der Waals surface area contributed by atoms with Gasteiger partial charge >= 0.3 is 0 Å². The fourth-order valence-electron chi connectivity index (χ4n) is 2.03. The summed E-state index contributed by atoms with van der Waals surface area (Å²) in [6.07, 6.45) is 0.784. The summed E-state index contributed by atoms with van der Waals surface area (Å²) in [4.78, 5) is 5.67. The van der Waals surface area contributed by atoms with Crippen molar-refractivity contribution < 1.29 is 4.74 Å². The van der Waals surface area contributed by atoms with Gasteiger partial charge in [0, 0.05) is 23.6 Å². The normalized spacial score (nSPS) is 12.5. The lowest BCUT2D eigenvalue weighted by atomic mass is 10.1. The van der Waals surface area contributed by atoms with Gasteiger partial charge in [-0.25, -0.2) is 0 Å². The number of nitrogens with two attached hydrogens (primary N) is 1. The van der Waals surface area contributed by atoms with Gasteiger partial charge in [0.05, 0.1) is 6.54 Å². The molecule has 0 saturated heterocycles. The molecule has 126 valence electrons. The molecule has 4 nitrogen and oxygen atoms in total. The maximum absolute atomic E-state index is 6.00. The molecule has 1 aromatic carbocycles. The molecule has 0 aliphatic carbocycles. The number of ether oxygens (including phenoxy) is 1. The summed E-state index contributed by atoms with van der Waals surface area (Å²) in [5, 5.41) is 5.87. The van der Waals surface area contributed by atoms with E-state index >= 15 is 0 Å². The van der Waals surface area contributed by atoms with E-state index in [9.17, 15) is 0 Å².